The predicted octanol–water partition coefficient (Wildman–Crippen LogP) is -2.19. The molecule has 0 rings (SSSR count). The zero-order chi connectivity index (χ0) is 4.50. The van der Waals surface area contributed by atoms with Crippen LogP contribution in [-0.2, 0) is 9.01 Å². The van der Waals surface area contributed by atoms with Crippen molar-refractivity contribution in [3.8, 4) is 0 Å². The summed E-state index contributed by atoms with van der Waals surface area (Å²) in [6.45, 7) is 0. The Hall–Kier alpha value is 1.43. The fourth-order valence-electron chi connectivity index (χ4n) is 0. The second kappa shape index (κ2) is 22.5. The van der Waals surface area contributed by atoms with E-state index in [1.54, 1.807) is 0 Å². The topological polar surface area (TPSA) is 189 Å². The zero-order valence-corrected chi connectivity index (χ0v) is 8.91. The van der Waals surface area contributed by atoms with Crippen molar-refractivity contribution in [1.82, 2.24) is 0 Å². The first kappa shape index (κ1) is 55.1. The first-order valence-electron chi connectivity index (χ1n) is 0.504. The Morgan fingerprint density at radius 1 is 0.455 bits per heavy atom. The molecule has 0 saturated heterocycles. The van der Waals surface area contributed by atoms with Crippen molar-refractivity contribution in [2.75, 3.05) is 0 Å². The van der Waals surface area contributed by atoms with Crippen molar-refractivity contribution in [1.29, 1.82) is 0 Å². The van der Waals surface area contributed by atoms with Gasteiger partial charge in [-0.1, -0.05) is 0 Å². The average Bonchev–Trinajstić information content (AvgIpc) is 0.722. The van der Waals surface area contributed by atoms with Crippen molar-refractivity contribution < 1.29 is 41.9 Å². The Labute approximate surface area is 82.4 Å². The molecular formula is H12Cl4CoO6. The van der Waals surface area contributed by atoms with Crippen LogP contribution >= 0.6 is 40.6 Å². The van der Waals surface area contributed by atoms with Crippen molar-refractivity contribution in [2.24, 2.45) is 0 Å². The molecule has 0 bridgehead atoms. The third kappa shape index (κ3) is 499. The van der Waals surface area contributed by atoms with Gasteiger partial charge in [-0.2, -0.15) is 0 Å². The molecule has 85 valence electrons. The third-order valence-corrected chi connectivity index (χ3v) is 0. The number of halogens is 4. The molecule has 0 aromatic heterocycles. The van der Waals surface area contributed by atoms with Crippen LogP contribution in [0, 0.1) is 0 Å². The van der Waals surface area contributed by atoms with E-state index in [0.29, 0.717) is 0 Å². The summed E-state index contributed by atoms with van der Waals surface area (Å²) in [7, 11) is 17.3. The molecule has 0 aliphatic heterocycles. The van der Waals surface area contributed by atoms with E-state index in [-0.39, 0.29) is 32.9 Å². The fraction of sp³-hybridized carbons (Fsp3) is 0. The molecule has 0 aromatic rings. The van der Waals surface area contributed by atoms with E-state index in [1.807, 2.05) is 0 Å². The Bertz CT molecular complexity index is 30.1. The Balaban J connectivity index is -0.00000000533. The molecule has 0 aliphatic carbocycles. The van der Waals surface area contributed by atoms with Crippen LogP contribution < -0.4 is 0 Å². The van der Waals surface area contributed by atoms with Gasteiger partial charge in [0.25, 0.3) is 0 Å². The van der Waals surface area contributed by atoms with Gasteiger partial charge in [0.2, 0.25) is 0 Å². The van der Waals surface area contributed by atoms with E-state index in [1.165, 1.54) is 0 Å². The summed E-state index contributed by atoms with van der Waals surface area (Å²) in [5.41, 5.74) is 0. The molecule has 0 fully saturated rings. The molecular weight excluding hydrogens is 297 g/mol. The van der Waals surface area contributed by atoms with E-state index in [9.17, 15) is 0 Å². The Kier molecular flexibility index (Phi) is 113. The van der Waals surface area contributed by atoms with Gasteiger partial charge in [0.05, 0.1) is 0 Å². The van der Waals surface area contributed by atoms with Gasteiger partial charge in [0.15, 0.2) is 0 Å². The third-order valence-electron chi connectivity index (χ3n) is 0. The van der Waals surface area contributed by atoms with E-state index in [2.05, 4.69) is 0 Å². The second-order valence-electron chi connectivity index (χ2n) is 0.286. The van der Waals surface area contributed by atoms with Crippen LogP contribution in [0.3, 0.4) is 0 Å². The summed E-state index contributed by atoms with van der Waals surface area (Å²) in [5, 5.41) is 0. The molecule has 12 N–H and O–H groups in total. The van der Waals surface area contributed by atoms with Crippen LogP contribution in [-0.4, -0.2) is 32.9 Å². The molecule has 0 aromatic carbocycles. The number of hydrogen-bond donors (Lipinski definition) is 0. The summed E-state index contributed by atoms with van der Waals surface area (Å²) < 4.78 is 0. The standard InChI is InChI=1S/4ClH.Co.6H2O/h4*1H;;6*1H2/q;;;;+4;;;;;;/p-4. The van der Waals surface area contributed by atoms with Crippen LogP contribution in [0.4, 0.5) is 0 Å². The van der Waals surface area contributed by atoms with Gasteiger partial charge < -0.3 is 32.9 Å². The quantitative estimate of drug-likeness (QED) is 0.470. The van der Waals surface area contributed by atoms with E-state index < -0.39 is 9.01 Å². The maximum atomic E-state index is 4.94. The summed E-state index contributed by atoms with van der Waals surface area (Å²) >= 11 is 0. The molecule has 0 saturated carbocycles. The molecule has 0 unspecified atom stereocenters. The van der Waals surface area contributed by atoms with E-state index >= 15 is 0 Å². The zero-order valence-electron chi connectivity index (χ0n) is 4.85. The molecule has 11 heteroatoms. The van der Waals surface area contributed by atoms with Crippen LogP contribution in [0.5, 0.6) is 0 Å². The minimum atomic E-state index is -2.49. The van der Waals surface area contributed by atoms with Gasteiger partial charge in [0.1, 0.15) is 0 Å². The second-order valence-corrected chi connectivity index (χ2v) is 10.6. The summed E-state index contributed by atoms with van der Waals surface area (Å²) in [6, 6.07) is 0. The first-order valence-corrected chi connectivity index (χ1v) is 6.23. The van der Waals surface area contributed by atoms with Crippen molar-refractivity contribution in [3.63, 3.8) is 0 Å². The van der Waals surface area contributed by atoms with Gasteiger partial charge in [-0.3, -0.25) is 0 Å². The first-order chi connectivity index (χ1) is 2.00. The summed E-state index contributed by atoms with van der Waals surface area (Å²) in [4.78, 5) is 0. The van der Waals surface area contributed by atoms with Crippen molar-refractivity contribution in [2.45, 2.75) is 0 Å². The average molecular weight is 309 g/mol. The van der Waals surface area contributed by atoms with Gasteiger partial charge in [0, 0.05) is 0 Å². The molecule has 0 aliphatic rings. The van der Waals surface area contributed by atoms with Crippen LogP contribution in [0.2, 0.25) is 0 Å². The maximum absolute atomic E-state index is 4.94. The molecule has 0 heterocycles. The van der Waals surface area contributed by atoms with Crippen molar-refractivity contribution >= 4 is 40.6 Å². The molecule has 0 radical (unpaired) electrons. The predicted molar refractivity (Wildman–Crippen MR) is 45.1 cm³/mol. The van der Waals surface area contributed by atoms with Gasteiger partial charge in [-0.05, 0) is 0 Å². The SMILES string of the molecule is O.O.O.O.O.O.[Cl][Co]([Cl])([Cl])[Cl]. The van der Waals surface area contributed by atoms with Crippen molar-refractivity contribution in [3.05, 3.63) is 0 Å². The van der Waals surface area contributed by atoms with Crippen LogP contribution in [0.1, 0.15) is 0 Å². The van der Waals surface area contributed by atoms with Crippen LogP contribution in [0.15, 0.2) is 0 Å². The number of hydrogen-bond acceptors (Lipinski definition) is 0. The molecule has 6 nitrogen and oxygen atoms in total. The summed E-state index contributed by atoms with van der Waals surface area (Å²) in [5.74, 6) is 0. The fourth-order valence-corrected chi connectivity index (χ4v) is 0. The van der Waals surface area contributed by atoms with Crippen LogP contribution in [0.25, 0.3) is 0 Å². The molecule has 0 spiro atoms. The summed E-state index contributed by atoms with van der Waals surface area (Å²) in [6.07, 6.45) is 0. The Morgan fingerprint density at radius 2 is 0.455 bits per heavy atom. The number of rotatable bonds is 0. The minimum absolute atomic E-state index is 0. The van der Waals surface area contributed by atoms with Gasteiger partial charge in [-0.15, -0.1) is 0 Å². The molecule has 11 heavy (non-hydrogen) atoms. The monoisotopic (exact) mass is 307 g/mol. The van der Waals surface area contributed by atoms with E-state index in [4.69, 9.17) is 40.6 Å². The van der Waals surface area contributed by atoms with Gasteiger partial charge >= 0.3 is 49.6 Å². The molecule has 0 amide bonds. The van der Waals surface area contributed by atoms with Gasteiger partial charge in [-0.25, -0.2) is 0 Å². The Morgan fingerprint density at radius 3 is 0.455 bits per heavy atom. The van der Waals surface area contributed by atoms with E-state index in [0.717, 1.165) is 0 Å². The normalized spacial score (nSPS) is 6.91. The molecule has 0 atom stereocenters.